The molecular formula is C15H13ClN4O. The summed E-state index contributed by atoms with van der Waals surface area (Å²) in [6.45, 7) is 0.374. The number of nitrogens with two attached hydrogens (primary N) is 1. The molecule has 2 N–H and O–H groups in total. The van der Waals surface area contributed by atoms with Crippen molar-refractivity contribution in [3.8, 4) is 11.4 Å². The minimum absolute atomic E-state index is 0.374. The lowest BCUT2D eigenvalue weighted by molar-refractivity contribution is 0.181. The zero-order chi connectivity index (χ0) is 14.8. The number of anilines is 1. The van der Waals surface area contributed by atoms with Crippen molar-refractivity contribution >= 4 is 28.3 Å². The molecule has 0 amide bonds. The maximum absolute atomic E-state index is 6.20. The van der Waals surface area contributed by atoms with Crippen molar-refractivity contribution in [3.63, 3.8) is 0 Å². The van der Waals surface area contributed by atoms with Crippen molar-refractivity contribution in [2.75, 3.05) is 12.8 Å². The van der Waals surface area contributed by atoms with Crippen LogP contribution >= 0.6 is 11.6 Å². The molecule has 0 bridgehead atoms. The zero-order valence-electron chi connectivity index (χ0n) is 11.4. The number of nitrogen functional groups attached to an aromatic ring is 1. The number of fused-ring (bicyclic) bond motifs is 1. The maximum Gasteiger partial charge on any atom is 0.164 e. The van der Waals surface area contributed by atoms with Crippen molar-refractivity contribution in [3.05, 3.63) is 47.2 Å². The topological polar surface area (TPSA) is 73.9 Å². The van der Waals surface area contributed by atoms with Crippen molar-refractivity contribution < 1.29 is 4.74 Å². The summed E-state index contributed by atoms with van der Waals surface area (Å²) < 4.78 is 5.10. The van der Waals surface area contributed by atoms with Gasteiger partial charge >= 0.3 is 0 Å². The predicted molar refractivity (Wildman–Crippen MR) is 82.9 cm³/mol. The highest BCUT2D eigenvalue weighted by Gasteiger charge is 2.12. The molecule has 1 aromatic carbocycles. The SMILES string of the molecule is COCc1cc(N)nc(-c2ccc(Cl)c3cccnc23)n1. The third-order valence-electron chi connectivity index (χ3n) is 3.05. The van der Waals surface area contributed by atoms with E-state index >= 15 is 0 Å². The van der Waals surface area contributed by atoms with Crippen LogP contribution in [0.3, 0.4) is 0 Å². The molecule has 0 fully saturated rings. The summed E-state index contributed by atoms with van der Waals surface area (Å²) in [5.41, 5.74) is 8.11. The molecule has 3 rings (SSSR count). The second-order valence-electron chi connectivity index (χ2n) is 4.54. The fraction of sp³-hybridized carbons (Fsp3) is 0.133. The van der Waals surface area contributed by atoms with Gasteiger partial charge in [-0.15, -0.1) is 0 Å². The Bertz CT molecular complexity index is 807. The summed E-state index contributed by atoms with van der Waals surface area (Å²) in [5, 5.41) is 1.50. The lowest BCUT2D eigenvalue weighted by Gasteiger charge is -2.08. The van der Waals surface area contributed by atoms with Gasteiger partial charge < -0.3 is 10.5 Å². The number of ether oxygens (including phenoxy) is 1. The van der Waals surface area contributed by atoms with E-state index in [0.717, 1.165) is 22.2 Å². The molecule has 0 aliphatic rings. The Morgan fingerprint density at radius 3 is 2.90 bits per heavy atom. The van der Waals surface area contributed by atoms with E-state index in [1.165, 1.54) is 0 Å². The first-order chi connectivity index (χ1) is 10.2. The number of nitrogens with zero attached hydrogens (tertiary/aromatic N) is 3. The molecule has 21 heavy (non-hydrogen) atoms. The van der Waals surface area contributed by atoms with Crippen molar-refractivity contribution in [2.24, 2.45) is 0 Å². The molecule has 5 nitrogen and oxygen atoms in total. The lowest BCUT2D eigenvalue weighted by atomic mass is 10.1. The Hall–Kier alpha value is -2.24. The van der Waals surface area contributed by atoms with Gasteiger partial charge in [-0.1, -0.05) is 11.6 Å². The number of aromatic nitrogens is 3. The summed E-state index contributed by atoms with van der Waals surface area (Å²) >= 11 is 6.20. The van der Waals surface area contributed by atoms with E-state index in [2.05, 4.69) is 15.0 Å². The van der Waals surface area contributed by atoms with Gasteiger partial charge in [0, 0.05) is 30.3 Å². The Morgan fingerprint density at radius 2 is 2.10 bits per heavy atom. The van der Waals surface area contributed by atoms with Crippen LogP contribution < -0.4 is 5.73 Å². The van der Waals surface area contributed by atoms with Gasteiger partial charge in [-0.3, -0.25) is 4.98 Å². The number of benzene rings is 1. The van der Waals surface area contributed by atoms with Crippen molar-refractivity contribution in [1.29, 1.82) is 0 Å². The highest BCUT2D eigenvalue weighted by molar-refractivity contribution is 6.35. The quantitative estimate of drug-likeness (QED) is 0.804. The highest BCUT2D eigenvalue weighted by Crippen LogP contribution is 2.30. The first-order valence-electron chi connectivity index (χ1n) is 6.35. The molecule has 0 saturated carbocycles. The molecule has 106 valence electrons. The van der Waals surface area contributed by atoms with Crippen LogP contribution in [0.4, 0.5) is 5.82 Å². The third kappa shape index (κ3) is 2.66. The van der Waals surface area contributed by atoms with Crippen LogP contribution in [0.5, 0.6) is 0 Å². The van der Waals surface area contributed by atoms with Gasteiger partial charge in [0.15, 0.2) is 5.82 Å². The van der Waals surface area contributed by atoms with E-state index in [9.17, 15) is 0 Å². The molecule has 0 radical (unpaired) electrons. The molecule has 0 unspecified atom stereocenters. The van der Waals surface area contributed by atoms with Gasteiger partial charge in [0.1, 0.15) is 5.82 Å². The molecule has 0 saturated heterocycles. The average Bonchev–Trinajstić information content (AvgIpc) is 2.47. The predicted octanol–water partition coefficient (Wildman–Crippen LogP) is 3.07. The smallest absolute Gasteiger partial charge is 0.164 e. The summed E-state index contributed by atoms with van der Waals surface area (Å²) in [5.74, 6) is 0.911. The number of methoxy groups -OCH3 is 1. The minimum Gasteiger partial charge on any atom is -0.384 e. The Balaban J connectivity index is 2.23. The number of halogens is 1. The van der Waals surface area contributed by atoms with Crippen molar-refractivity contribution in [1.82, 2.24) is 15.0 Å². The van der Waals surface area contributed by atoms with E-state index in [4.69, 9.17) is 22.1 Å². The molecule has 0 aliphatic carbocycles. The first kappa shape index (κ1) is 13.7. The van der Waals surface area contributed by atoms with Gasteiger partial charge in [-0.05, 0) is 24.3 Å². The Labute approximate surface area is 126 Å². The summed E-state index contributed by atoms with van der Waals surface area (Å²) in [4.78, 5) is 13.2. The van der Waals surface area contributed by atoms with Gasteiger partial charge in [-0.2, -0.15) is 0 Å². The summed E-state index contributed by atoms with van der Waals surface area (Å²) in [6.07, 6.45) is 1.71. The molecule has 2 aromatic heterocycles. The van der Waals surface area contributed by atoms with Crippen LogP contribution in [0.2, 0.25) is 5.02 Å². The molecular weight excluding hydrogens is 288 g/mol. The second kappa shape index (κ2) is 5.63. The van der Waals surface area contributed by atoms with Crippen LogP contribution in [0.25, 0.3) is 22.3 Å². The van der Waals surface area contributed by atoms with Crippen molar-refractivity contribution in [2.45, 2.75) is 6.61 Å². The van der Waals surface area contributed by atoms with E-state index < -0.39 is 0 Å². The van der Waals surface area contributed by atoms with Crippen LogP contribution in [0, 0.1) is 0 Å². The van der Waals surface area contributed by atoms with Gasteiger partial charge in [0.2, 0.25) is 0 Å². The molecule has 0 atom stereocenters. The molecule has 0 aliphatic heterocycles. The molecule has 0 spiro atoms. The normalized spacial score (nSPS) is 11.0. The Kier molecular flexibility index (Phi) is 3.68. The number of rotatable bonds is 3. The number of hydrogen-bond donors (Lipinski definition) is 1. The van der Waals surface area contributed by atoms with Gasteiger partial charge in [0.05, 0.1) is 22.8 Å². The maximum atomic E-state index is 6.20. The standard InChI is InChI=1S/C15H13ClN4O/c1-21-8-9-7-13(17)20-15(19-9)11-4-5-12(16)10-3-2-6-18-14(10)11/h2-7H,8H2,1H3,(H2,17,19,20). The molecule has 3 aromatic rings. The van der Waals surface area contributed by atoms with Crippen LogP contribution in [-0.4, -0.2) is 22.1 Å². The van der Waals surface area contributed by atoms with Gasteiger partial charge in [-0.25, -0.2) is 9.97 Å². The van der Waals surface area contributed by atoms with Crippen LogP contribution in [-0.2, 0) is 11.3 Å². The largest absolute Gasteiger partial charge is 0.384 e. The highest BCUT2D eigenvalue weighted by atomic mass is 35.5. The average molecular weight is 301 g/mol. The van der Waals surface area contributed by atoms with E-state index in [1.807, 2.05) is 24.3 Å². The third-order valence-corrected chi connectivity index (χ3v) is 3.38. The lowest BCUT2D eigenvalue weighted by Crippen LogP contribution is -2.02. The molecule has 2 heterocycles. The molecule has 6 heteroatoms. The van der Waals surface area contributed by atoms with E-state index in [1.54, 1.807) is 19.4 Å². The van der Waals surface area contributed by atoms with Gasteiger partial charge in [0.25, 0.3) is 0 Å². The van der Waals surface area contributed by atoms with E-state index in [-0.39, 0.29) is 0 Å². The number of pyridine rings is 1. The second-order valence-corrected chi connectivity index (χ2v) is 4.94. The van der Waals surface area contributed by atoms with E-state index in [0.29, 0.717) is 23.3 Å². The summed E-state index contributed by atoms with van der Waals surface area (Å²) in [7, 11) is 1.61. The van der Waals surface area contributed by atoms with Crippen LogP contribution in [0.15, 0.2) is 36.5 Å². The number of hydrogen-bond acceptors (Lipinski definition) is 5. The zero-order valence-corrected chi connectivity index (χ0v) is 12.1. The fourth-order valence-corrected chi connectivity index (χ4v) is 2.39. The minimum atomic E-state index is 0.374. The monoisotopic (exact) mass is 300 g/mol. The first-order valence-corrected chi connectivity index (χ1v) is 6.73. The van der Waals surface area contributed by atoms with Crippen LogP contribution in [0.1, 0.15) is 5.69 Å². The Morgan fingerprint density at radius 1 is 1.24 bits per heavy atom. The summed E-state index contributed by atoms with van der Waals surface area (Å²) in [6, 6.07) is 9.11. The fourth-order valence-electron chi connectivity index (χ4n) is 2.18.